The first kappa shape index (κ1) is 33.4. The topological polar surface area (TPSA) is 79.3 Å². The molecular formula is C41H56N2O5. The predicted molar refractivity (Wildman–Crippen MR) is 188 cm³/mol. The van der Waals surface area contributed by atoms with Gasteiger partial charge in [0.1, 0.15) is 11.9 Å². The number of aryl methyl sites for hydroxylation is 1. The van der Waals surface area contributed by atoms with E-state index in [0.717, 1.165) is 107 Å². The van der Waals surface area contributed by atoms with E-state index in [1.165, 1.54) is 38.2 Å². The molecule has 48 heavy (non-hydrogen) atoms. The van der Waals surface area contributed by atoms with Gasteiger partial charge in [0.05, 0.1) is 6.04 Å². The molecule has 7 heteroatoms. The summed E-state index contributed by atoms with van der Waals surface area (Å²) in [4.78, 5) is 31.3. The number of phenols is 1. The predicted octanol–water partition coefficient (Wildman–Crippen LogP) is 7.74. The Hall–Kier alpha value is -3.06. The second-order valence-electron chi connectivity index (χ2n) is 15.5. The fourth-order valence-corrected chi connectivity index (χ4v) is 9.99. The van der Waals surface area contributed by atoms with E-state index in [1.807, 2.05) is 0 Å². The summed E-state index contributed by atoms with van der Waals surface area (Å²) in [5.74, 6) is 2.23. The van der Waals surface area contributed by atoms with E-state index in [9.17, 15) is 14.7 Å². The van der Waals surface area contributed by atoms with Crippen LogP contribution in [0.1, 0.15) is 120 Å². The van der Waals surface area contributed by atoms with E-state index in [4.69, 9.17) is 9.47 Å². The Morgan fingerprint density at radius 1 is 1.02 bits per heavy atom. The molecule has 0 radical (unpaired) electrons. The zero-order chi connectivity index (χ0) is 33.3. The molecule has 2 aliphatic heterocycles. The average molecular weight is 657 g/mol. The molecule has 260 valence electrons. The number of carbonyl (C=O) groups is 2. The van der Waals surface area contributed by atoms with Gasteiger partial charge in [0, 0.05) is 55.1 Å². The lowest BCUT2D eigenvalue weighted by Gasteiger charge is -2.60. The third kappa shape index (κ3) is 6.48. The summed E-state index contributed by atoms with van der Waals surface area (Å²) in [6.45, 7) is 6.54. The minimum atomic E-state index is -0.418. The number of rotatable bonds is 16. The van der Waals surface area contributed by atoms with Gasteiger partial charge >= 0.3 is 5.97 Å². The summed E-state index contributed by atoms with van der Waals surface area (Å²) in [7, 11) is 0. The van der Waals surface area contributed by atoms with Crippen molar-refractivity contribution in [3.05, 3.63) is 53.1 Å². The lowest BCUT2D eigenvalue weighted by atomic mass is 9.50. The SMILES string of the molecule is CCCCCN(C(=O)CCCCCCCc1ccccc1)[C@@H]1CC[C@H]2[C@H]3Cc4c(O)cc(OC(C)=O)c5c4[C@@]2(CCN3CC2CC2)[C@H]1O5. The summed E-state index contributed by atoms with van der Waals surface area (Å²) in [6, 6.07) is 12.6. The zero-order valence-corrected chi connectivity index (χ0v) is 29.3. The molecule has 1 amide bonds. The number of aromatic hydroxyl groups is 1. The van der Waals surface area contributed by atoms with Crippen molar-refractivity contribution in [2.45, 2.75) is 140 Å². The number of hydrogen-bond acceptors (Lipinski definition) is 6. The average Bonchev–Trinajstić information content (AvgIpc) is 3.83. The fraction of sp³-hybridized carbons (Fsp3) is 0.659. The highest BCUT2D eigenvalue weighted by Crippen LogP contribution is 2.66. The molecule has 7 nitrogen and oxygen atoms in total. The molecule has 7 rings (SSSR count). The number of nitrogens with zero attached hydrogens (tertiary/aromatic N) is 2. The van der Waals surface area contributed by atoms with E-state index < -0.39 is 5.97 Å². The monoisotopic (exact) mass is 656 g/mol. The molecule has 1 saturated heterocycles. The molecule has 3 fully saturated rings. The molecule has 2 heterocycles. The molecule has 5 aliphatic rings. The van der Waals surface area contributed by atoms with Crippen LogP contribution in [0.2, 0.25) is 0 Å². The Kier molecular flexibility index (Phi) is 10.0. The van der Waals surface area contributed by atoms with E-state index in [2.05, 4.69) is 47.1 Å². The van der Waals surface area contributed by atoms with Crippen molar-refractivity contribution in [3.63, 3.8) is 0 Å². The number of hydrogen-bond donors (Lipinski definition) is 1. The van der Waals surface area contributed by atoms with Gasteiger partial charge in [-0.3, -0.25) is 14.5 Å². The second-order valence-corrected chi connectivity index (χ2v) is 15.5. The summed E-state index contributed by atoms with van der Waals surface area (Å²) in [5, 5.41) is 11.4. The number of amides is 1. The maximum Gasteiger partial charge on any atom is 0.308 e. The number of piperidine rings is 1. The van der Waals surface area contributed by atoms with Crippen LogP contribution in [-0.4, -0.2) is 64.6 Å². The Bertz CT molecular complexity index is 1460. The quantitative estimate of drug-likeness (QED) is 0.113. The van der Waals surface area contributed by atoms with Gasteiger partial charge in [-0.1, -0.05) is 69.4 Å². The summed E-state index contributed by atoms with van der Waals surface area (Å²) in [6.07, 6.45) is 16.7. The van der Waals surface area contributed by atoms with Crippen molar-refractivity contribution in [2.24, 2.45) is 11.8 Å². The normalized spacial score (nSPS) is 26.9. The maximum atomic E-state index is 14.2. The van der Waals surface area contributed by atoms with Crippen LogP contribution in [-0.2, 0) is 27.8 Å². The van der Waals surface area contributed by atoms with Gasteiger partial charge in [-0.15, -0.1) is 0 Å². The Balaban J connectivity index is 1.10. The lowest BCUT2D eigenvalue weighted by Crippen LogP contribution is -2.69. The molecule has 1 spiro atoms. The number of benzene rings is 2. The summed E-state index contributed by atoms with van der Waals surface area (Å²) < 4.78 is 12.8. The fourth-order valence-electron chi connectivity index (χ4n) is 9.99. The van der Waals surface area contributed by atoms with Gasteiger partial charge in [-0.25, -0.2) is 0 Å². The van der Waals surface area contributed by atoms with Gasteiger partial charge < -0.3 is 19.5 Å². The van der Waals surface area contributed by atoms with E-state index >= 15 is 0 Å². The van der Waals surface area contributed by atoms with Gasteiger partial charge in [-0.05, 0) is 88.2 Å². The van der Waals surface area contributed by atoms with Gasteiger partial charge in [0.2, 0.25) is 5.91 Å². The Morgan fingerprint density at radius 3 is 2.58 bits per heavy atom. The number of likely N-dealkylation sites (tertiary alicyclic amines) is 1. The Labute approximate surface area is 287 Å². The minimum Gasteiger partial charge on any atom is -0.508 e. The molecule has 2 bridgehead atoms. The number of carbonyl (C=O) groups excluding carboxylic acids is 2. The van der Waals surface area contributed by atoms with Gasteiger partial charge in [-0.2, -0.15) is 0 Å². The number of phenolic OH excluding ortho intramolecular Hbond substituents is 1. The van der Waals surface area contributed by atoms with Crippen LogP contribution in [0, 0.1) is 11.8 Å². The molecule has 2 aromatic rings. The highest BCUT2D eigenvalue weighted by Gasteiger charge is 2.67. The highest BCUT2D eigenvalue weighted by atomic mass is 16.6. The van der Waals surface area contributed by atoms with Crippen molar-refractivity contribution >= 4 is 11.9 Å². The van der Waals surface area contributed by atoms with Crippen molar-refractivity contribution in [1.29, 1.82) is 0 Å². The second kappa shape index (κ2) is 14.4. The van der Waals surface area contributed by atoms with Crippen molar-refractivity contribution < 1.29 is 24.2 Å². The van der Waals surface area contributed by atoms with Crippen molar-refractivity contribution in [2.75, 3.05) is 19.6 Å². The first-order chi connectivity index (χ1) is 23.4. The zero-order valence-electron chi connectivity index (χ0n) is 29.3. The van der Waals surface area contributed by atoms with Crippen LogP contribution in [0.25, 0.3) is 0 Å². The van der Waals surface area contributed by atoms with Crippen LogP contribution in [0.3, 0.4) is 0 Å². The molecule has 1 N–H and O–H groups in total. The third-order valence-electron chi connectivity index (χ3n) is 12.4. The first-order valence-electron chi connectivity index (χ1n) is 19.2. The van der Waals surface area contributed by atoms with Crippen LogP contribution in [0.5, 0.6) is 17.2 Å². The van der Waals surface area contributed by atoms with E-state index in [-0.39, 0.29) is 29.2 Å². The van der Waals surface area contributed by atoms with Crippen molar-refractivity contribution in [1.82, 2.24) is 9.80 Å². The van der Waals surface area contributed by atoms with Crippen LogP contribution in [0.15, 0.2) is 36.4 Å². The molecule has 0 aromatic heterocycles. The molecule has 0 unspecified atom stereocenters. The number of unbranched alkanes of at least 4 members (excludes halogenated alkanes) is 6. The first-order valence-corrected chi connectivity index (χ1v) is 19.2. The summed E-state index contributed by atoms with van der Waals surface area (Å²) in [5.41, 5.74) is 3.17. The van der Waals surface area contributed by atoms with Gasteiger partial charge in [0.15, 0.2) is 11.5 Å². The Morgan fingerprint density at radius 2 is 1.81 bits per heavy atom. The minimum absolute atomic E-state index is 0.0298. The number of ether oxygens (including phenoxy) is 2. The smallest absolute Gasteiger partial charge is 0.308 e. The van der Waals surface area contributed by atoms with E-state index in [1.54, 1.807) is 6.07 Å². The van der Waals surface area contributed by atoms with Gasteiger partial charge in [0.25, 0.3) is 0 Å². The van der Waals surface area contributed by atoms with Crippen LogP contribution in [0.4, 0.5) is 0 Å². The maximum absolute atomic E-state index is 14.2. The summed E-state index contributed by atoms with van der Waals surface area (Å²) >= 11 is 0. The molecule has 3 aliphatic carbocycles. The molecular weight excluding hydrogens is 600 g/mol. The van der Waals surface area contributed by atoms with Crippen LogP contribution >= 0.6 is 0 Å². The third-order valence-corrected chi connectivity index (χ3v) is 12.4. The van der Waals surface area contributed by atoms with Crippen LogP contribution < -0.4 is 9.47 Å². The molecule has 2 saturated carbocycles. The largest absolute Gasteiger partial charge is 0.508 e. The van der Waals surface area contributed by atoms with E-state index in [0.29, 0.717) is 29.9 Å². The number of esters is 1. The molecule has 2 aromatic carbocycles. The highest BCUT2D eigenvalue weighted by molar-refractivity contribution is 5.77. The molecule has 5 atom stereocenters. The lowest BCUT2D eigenvalue weighted by molar-refractivity contribution is -0.143. The van der Waals surface area contributed by atoms with Crippen molar-refractivity contribution in [3.8, 4) is 17.2 Å². The standard InChI is InChI=1S/C41H56N2O5/c1-3-4-13-23-43(37(46)17-12-7-5-6-9-14-29-15-10-8-11-16-29)33-21-20-32-34-25-31-35(45)26-36(47-28(2)44)39-38(31)41(32,40(33)48-39)22-24-42(34)27-30-18-19-30/h8,10-11,15-16,26,30,32-34,40,45H,3-7,9,12-14,17-25,27H2,1-2H3/t32-,33+,34+,40-,41-/m0/s1.